The fraction of sp³-hybridized carbons (Fsp3) is 0.556. The minimum absolute atomic E-state index is 0.00799. The van der Waals surface area contributed by atoms with E-state index in [1.54, 1.807) is 10.6 Å². The van der Waals surface area contributed by atoms with E-state index in [9.17, 15) is 9.59 Å². The molecule has 0 unspecified atom stereocenters. The quantitative estimate of drug-likeness (QED) is 0.910. The third kappa shape index (κ3) is 3.70. The number of carbonyl (C=O) groups excluding carboxylic acids is 1. The van der Waals surface area contributed by atoms with Crippen molar-refractivity contribution in [3.05, 3.63) is 34.8 Å². The topological polar surface area (TPSA) is 67.5 Å². The number of nitrogens with zero attached hydrogens (tertiary/aromatic N) is 2. The van der Waals surface area contributed by atoms with E-state index in [1.807, 2.05) is 18.2 Å². The van der Waals surface area contributed by atoms with E-state index in [0.29, 0.717) is 31.3 Å². The van der Waals surface area contributed by atoms with Crippen molar-refractivity contribution in [3.8, 4) is 0 Å². The van der Waals surface area contributed by atoms with Gasteiger partial charge in [-0.1, -0.05) is 26.0 Å². The molecule has 3 rings (SSSR count). The first-order valence-corrected chi connectivity index (χ1v) is 8.63. The van der Waals surface area contributed by atoms with E-state index in [1.165, 1.54) is 0 Å². The molecule has 0 radical (unpaired) electrons. The van der Waals surface area contributed by atoms with E-state index in [2.05, 4.69) is 24.1 Å². The molecule has 1 fully saturated rings. The van der Waals surface area contributed by atoms with Gasteiger partial charge in [-0.15, -0.1) is 0 Å². The molecule has 24 heavy (non-hydrogen) atoms. The zero-order chi connectivity index (χ0) is 17.1. The lowest BCUT2D eigenvalue weighted by atomic mass is 9.97. The monoisotopic (exact) mass is 331 g/mol. The lowest BCUT2D eigenvalue weighted by Gasteiger charge is -2.32. The van der Waals surface area contributed by atoms with Gasteiger partial charge < -0.3 is 9.73 Å². The number of likely N-dealkylation sites (tertiary alicyclic amines) is 1. The highest BCUT2D eigenvalue weighted by molar-refractivity contribution is 5.79. The van der Waals surface area contributed by atoms with E-state index < -0.39 is 0 Å². The van der Waals surface area contributed by atoms with Gasteiger partial charge in [0, 0.05) is 13.1 Å². The molecule has 1 aliphatic heterocycles. The molecule has 0 saturated carbocycles. The maximum absolute atomic E-state index is 12.3. The fourth-order valence-corrected chi connectivity index (χ4v) is 3.19. The number of oxazole rings is 1. The minimum Gasteiger partial charge on any atom is -0.408 e. The molecule has 1 aromatic heterocycles. The highest BCUT2D eigenvalue weighted by Crippen LogP contribution is 2.19. The molecule has 0 spiro atoms. The number of nitrogens with one attached hydrogen (secondary N) is 1. The van der Waals surface area contributed by atoms with Crippen LogP contribution in [0.25, 0.3) is 11.1 Å². The largest absolute Gasteiger partial charge is 0.421 e. The molecule has 1 aromatic carbocycles. The summed E-state index contributed by atoms with van der Waals surface area (Å²) in [5, 5.41) is 3.02. The molecule has 0 aliphatic carbocycles. The second kappa shape index (κ2) is 7.21. The lowest BCUT2D eigenvalue weighted by Crippen LogP contribution is -2.44. The van der Waals surface area contributed by atoms with Crippen LogP contribution in [0.5, 0.6) is 0 Å². The van der Waals surface area contributed by atoms with Crippen LogP contribution in [0.2, 0.25) is 0 Å². The van der Waals surface area contributed by atoms with Crippen LogP contribution in [0.4, 0.5) is 0 Å². The van der Waals surface area contributed by atoms with Gasteiger partial charge >= 0.3 is 5.76 Å². The summed E-state index contributed by atoms with van der Waals surface area (Å²) in [7, 11) is 0. The number of amides is 1. The number of aromatic nitrogens is 1. The first kappa shape index (κ1) is 16.8. The summed E-state index contributed by atoms with van der Waals surface area (Å²) in [4.78, 5) is 26.6. The number of fused-ring (bicyclic) bond motifs is 1. The molecular weight excluding hydrogens is 306 g/mol. The number of hydrogen-bond donors (Lipinski definition) is 1. The zero-order valence-corrected chi connectivity index (χ0v) is 14.3. The molecule has 2 aromatic rings. The average Bonchev–Trinajstić information content (AvgIpc) is 2.89. The van der Waals surface area contributed by atoms with Crippen molar-refractivity contribution >= 4 is 17.0 Å². The number of benzene rings is 1. The lowest BCUT2D eigenvalue weighted by molar-refractivity contribution is -0.127. The second-order valence-corrected chi connectivity index (χ2v) is 6.96. The summed E-state index contributed by atoms with van der Waals surface area (Å²) in [5.74, 6) is 0.219. The molecule has 0 bridgehead atoms. The van der Waals surface area contributed by atoms with Crippen LogP contribution in [-0.4, -0.2) is 35.0 Å². The number of rotatable bonds is 5. The summed E-state index contributed by atoms with van der Waals surface area (Å²) < 4.78 is 6.92. The van der Waals surface area contributed by atoms with E-state index >= 15 is 0 Å². The van der Waals surface area contributed by atoms with Gasteiger partial charge in [-0.3, -0.25) is 14.3 Å². The Labute approximate surface area is 141 Å². The Bertz CT molecular complexity index is 762. The van der Waals surface area contributed by atoms with E-state index in [4.69, 9.17) is 4.42 Å². The van der Waals surface area contributed by atoms with Crippen molar-refractivity contribution in [2.45, 2.75) is 33.4 Å². The molecule has 2 heterocycles. The van der Waals surface area contributed by atoms with E-state index in [0.717, 1.165) is 24.9 Å². The Hall–Kier alpha value is -2.08. The van der Waals surface area contributed by atoms with Crippen LogP contribution in [0.1, 0.15) is 26.7 Å². The van der Waals surface area contributed by atoms with Gasteiger partial charge in [-0.25, -0.2) is 4.79 Å². The summed E-state index contributed by atoms with van der Waals surface area (Å²) in [6.07, 6.45) is 1.87. The third-order valence-electron chi connectivity index (χ3n) is 4.48. The van der Waals surface area contributed by atoms with Crippen molar-refractivity contribution in [2.75, 3.05) is 19.6 Å². The summed E-state index contributed by atoms with van der Waals surface area (Å²) in [6.45, 7) is 6.91. The van der Waals surface area contributed by atoms with Crippen molar-refractivity contribution < 1.29 is 9.21 Å². The molecule has 1 N–H and O–H groups in total. The highest BCUT2D eigenvalue weighted by Gasteiger charge is 2.26. The Morgan fingerprint density at radius 3 is 2.96 bits per heavy atom. The standard InChI is InChI=1S/C18H25N3O3/c1-13(2)10-19-17(22)14-6-5-9-20(11-14)12-21-15-7-3-4-8-16(15)24-18(21)23/h3-4,7-8,13-14H,5-6,9-12H2,1-2H3,(H,19,22)/t14-/m0/s1. The molecule has 1 saturated heterocycles. The van der Waals surface area contributed by atoms with Crippen molar-refractivity contribution in [1.82, 2.24) is 14.8 Å². The molecule has 1 atom stereocenters. The Morgan fingerprint density at radius 1 is 1.38 bits per heavy atom. The number of carbonyl (C=O) groups is 1. The molecule has 6 heteroatoms. The Kier molecular flexibility index (Phi) is 5.04. The Morgan fingerprint density at radius 2 is 2.17 bits per heavy atom. The van der Waals surface area contributed by atoms with Crippen molar-refractivity contribution in [3.63, 3.8) is 0 Å². The maximum Gasteiger partial charge on any atom is 0.421 e. The molecule has 1 amide bonds. The van der Waals surface area contributed by atoms with Crippen LogP contribution < -0.4 is 11.1 Å². The summed E-state index contributed by atoms with van der Waals surface area (Å²) in [5.41, 5.74) is 1.40. The second-order valence-electron chi connectivity index (χ2n) is 6.96. The molecule has 6 nitrogen and oxygen atoms in total. The van der Waals surface area contributed by atoms with Gasteiger partial charge in [0.2, 0.25) is 5.91 Å². The summed E-state index contributed by atoms with van der Waals surface area (Å²) >= 11 is 0. The molecular formula is C18H25N3O3. The number of piperidine rings is 1. The van der Waals surface area contributed by atoms with Crippen LogP contribution >= 0.6 is 0 Å². The van der Waals surface area contributed by atoms with Gasteiger partial charge in [0.15, 0.2) is 5.58 Å². The van der Waals surface area contributed by atoms with Gasteiger partial charge in [-0.2, -0.15) is 0 Å². The fourth-order valence-electron chi connectivity index (χ4n) is 3.19. The van der Waals surface area contributed by atoms with Gasteiger partial charge in [-0.05, 0) is 37.4 Å². The first-order valence-electron chi connectivity index (χ1n) is 8.63. The number of hydrogen-bond acceptors (Lipinski definition) is 4. The minimum atomic E-state index is -0.345. The van der Waals surface area contributed by atoms with Crippen molar-refractivity contribution in [2.24, 2.45) is 11.8 Å². The molecule has 130 valence electrons. The third-order valence-corrected chi connectivity index (χ3v) is 4.48. The average molecular weight is 331 g/mol. The van der Waals surface area contributed by atoms with E-state index in [-0.39, 0.29) is 17.6 Å². The van der Waals surface area contributed by atoms with Crippen LogP contribution in [0.15, 0.2) is 33.5 Å². The maximum atomic E-state index is 12.3. The number of para-hydroxylation sites is 2. The van der Waals surface area contributed by atoms with Crippen LogP contribution in [-0.2, 0) is 11.5 Å². The van der Waals surface area contributed by atoms with Gasteiger partial charge in [0.1, 0.15) is 0 Å². The van der Waals surface area contributed by atoms with Crippen LogP contribution in [0, 0.1) is 11.8 Å². The van der Waals surface area contributed by atoms with Crippen LogP contribution in [0.3, 0.4) is 0 Å². The molecule has 1 aliphatic rings. The van der Waals surface area contributed by atoms with Gasteiger partial charge in [0.25, 0.3) is 0 Å². The SMILES string of the molecule is CC(C)CNC(=O)[C@H]1CCCN(Cn2c(=O)oc3ccccc32)C1. The highest BCUT2D eigenvalue weighted by atomic mass is 16.4. The normalized spacial score (nSPS) is 19.0. The zero-order valence-electron chi connectivity index (χ0n) is 14.3. The predicted octanol–water partition coefficient (Wildman–Crippen LogP) is 2.04. The Balaban J connectivity index is 1.68. The smallest absolute Gasteiger partial charge is 0.408 e. The summed E-state index contributed by atoms with van der Waals surface area (Å²) in [6, 6.07) is 7.43. The first-order chi connectivity index (χ1) is 11.5. The van der Waals surface area contributed by atoms with Gasteiger partial charge in [0.05, 0.1) is 18.1 Å². The predicted molar refractivity (Wildman–Crippen MR) is 92.6 cm³/mol. The van der Waals surface area contributed by atoms with Crippen molar-refractivity contribution in [1.29, 1.82) is 0 Å².